The van der Waals surface area contributed by atoms with Gasteiger partial charge in [0.15, 0.2) is 11.5 Å². The maximum absolute atomic E-state index is 12.4. The molecule has 7 heteroatoms. The van der Waals surface area contributed by atoms with Gasteiger partial charge in [0, 0.05) is 12.4 Å². The lowest BCUT2D eigenvalue weighted by atomic mass is 10.2. The molecule has 0 spiro atoms. The molecule has 3 rings (SSSR count). The smallest absolute Gasteiger partial charge is 0.293 e. The monoisotopic (exact) mass is 356 g/mol. The number of rotatable bonds is 6. The van der Waals surface area contributed by atoms with Gasteiger partial charge < -0.3 is 9.47 Å². The number of pyridine rings is 1. The first-order valence-corrected chi connectivity index (χ1v) is 8.42. The number of amides is 2. The molecule has 6 nitrogen and oxygen atoms in total. The molecule has 1 fully saturated rings. The molecule has 0 atom stereocenters. The Balaban J connectivity index is 1.62. The van der Waals surface area contributed by atoms with Crippen LogP contribution in [0.1, 0.15) is 5.56 Å². The molecule has 2 amide bonds. The Kier molecular flexibility index (Phi) is 5.35. The van der Waals surface area contributed by atoms with Crippen molar-refractivity contribution in [1.29, 1.82) is 0 Å². The number of hydrogen-bond acceptors (Lipinski definition) is 6. The standard InChI is InChI=1S/C18H16N2O4S/c1-23-14-4-2-3-5-15(14)24-11-10-20-17(21)16(25-18(20)22)12-13-6-8-19-9-7-13/h2-9,12H,10-11H2,1H3/b16-12-. The number of aromatic nitrogens is 1. The zero-order valence-corrected chi connectivity index (χ0v) is 14.4. The summed E-state index contributed by atoms with van der Waals surface area (Å²) in [6.07, 6.45) is 4.96. The second-order valence-electron chi connectivity index (χ2n) is 5.11. The SMILES string of the molecule is COc1ccccc1OCCN1C(=O)S/C(=C\c2ccncc2)C1=O. The highest BCUT2D eigenvalue weighted by Gasteiger charge is 2.34. The molecule has 0 radical (unpaired) electrons. The molecular formula is C18H16N2O4S. The van der Waals surface area contributed by atoms with Crippen LogP contribution in [0, 0.1) is 0 Å². The number of methoxy groups -OCH3 is 1. The van der Waals surface area contributed by atoms with Crippen molar-refractivity contribution >= 4 is 29.0 Å². The van der Waals surface area contributed by atoms with Gasteiger partial charge in [0.25, 0.3) is 11.1 Å². The summed E-state index contributed by atoms with van der Waals surface area (Å²) in [7, 11) is 1.56. The fourth-order valence-corrected chi connectivity index (χ4v) is 3.15. The molecule has 1 aliphatic heterocycles. The average molecular weight is 356 g/mol. The topological polar surface area (TPSA) is 68.7 Å². The lowest BCUT2D eigenvalue weighted by molar-refractivity contribution is -0.123. The summed E-state index contributed by atoms with van der Waals surface area (Å²) < 4.78 is 10.8. The Bertz CT molecular complexity index is 808. The molecule has 2 aromatic rings. The molecule has 128 valence electrons. The third-order valence-electron chi connectivity index (χ3n) is 3.52. The van der Waals surface area contributed by atoms with Gasteiger partial charge in [0.05, 0.1) is 18.6 Å². The van der Waals surface area contributed by atoms with Crippen molar-refractivity contribution in [1.82, 2.24) is 9.88 Å². The van der Waals surface area contributed by atoms with Crippen LogP contribution >= 0.6 is 11.8 Å². The van der Waals surface area contributed by atoms with Gasteiger partial charge in [-0.2, -0.15) is 0 Å². The number of carbonyl (C=O) groups excluding carboxylic acids is 2. The summed E-state index contributed by atoms with van der Waals surface area (Å²) >= 11 is 0.928. The van der Waals surface area contributed by atoms with Gasteiger partial charge in [-0.1, -0.05) is 12.1 Å². The minimum Gasteiger partial charge on any atom is -0.493 e. The maximum atomic E-state index is 12.4. The van der Waals surface area contributed by atoms with Crippen LogP contribution in [0.25, 0.3) is 6.08 Å². The van der Waals surface area contributed by atoms with Gasteiger partial charge in [-0.05, 0) is 47.7 Å². The molecule has 1 saturated heterocycles. The normalized spacial score (nSPS) is 15.7. The van der Waals surface area contributed by atoms with E-state index in [0.717, 1.165) is 17.3 Å². The van der Waals surface area contributed by atoms with Gasteiger partial charge in [0.1, 0.15) is 6.61 Å². The molecular weight excluding hydrogens is 340 g/mol. The van der Waals surface area contributed by atoms with E-state index in [2.05, 4.69) is 4.98 Å². The zero-order chi connectivity index (χ0) is 17.6. The van der Waals surface area contributed by atoms with Crippen LogP contribution in [0.4, 0.5) is 4.79 Å². The van der Waals surface area contributed by atoms with Crippen LogP contribution in [-0.2, 0) is 4.79 Å². The van der Waals surface area contributed by atoms with Crippen molar-refractivity contribution in [3.63, 3.8) is 0 Å². The fourth-order valence-electron chi connectivity index (χ4n) is 2.29. The van der Waals surface area contributed by atoms with E-state index in [-0.39, 0.29) is 24.3 Å². The third-order valence-corrected chi connectivity index (χ3v) is 4.43. The van der Waals surface area contributed by atoms with Crippen molar-refractivity contribution in [2.75, 3.05) is 20.3 Å². The zero-order valence-electron chi connectivity index (χ0n) is 13.5. The van der Waals surface area contributed by atoms with E-state index >= 15 is 0 Å². The van der Waals surface area contributed by atoms with Gasteiger partial charge >= 0.3 is 0 Å². The highest BCUT2D eigenvalue weighted by molar-refractivity contribution is 8.18. The molecule has 0 N–H and O–H groups in total. The number of imide groups is 1. The Morgan fingerprint density at radius 2 is 1.84 bits per heavy atom. The average Bonchev–Trinajstić information content (AvgIpc) is 2.90. The van der Waals surface area contributed by atoms with E-state index < -0.39 is 0 Å². The Morgan fingerprint density at radius 3 is 2.56 bits per heavy atom. The molecule has 0 bridgehead atoms. The minimum atomic E-state index is -0.310. The molecule has 1 aromatic carbocycles. The van der Waals surface area contributed by atoms with Crippen LogP contribution in [0.3, 0.4) is 0 Å². The second-order valence-corrected chi connectivity index (χ2v) is 6.11. The van der Waals surface area contributed by atoms with Crippen LogP contribution in [0.5, 0.6) is 11.5 Å². The number of benzene rings is 1. The number of carbonyl (C=O) groups is 2. The van der Waals surface area contributed by atoms with E-state index in [1.54, 1.807) is 49.8 Å². The third kappa shape index (κ3) is 4.00. The van der Waals surface area contributed by atoms with Gasteiger partial charge in [-0.15, -0.1) is 0 Å². The molecule has 2 heterocycles. The number of hydrogen-bond donors (Lipinski definition) is 0. The molecule has 0 aliphatic carbocycles. The van der Waals surface area contributed by atoms with Crippen molar-refractivity contribution < 1.29 is 19.1 Å². The number of nitrogens with zero attached hydrogens (tertiary/aromatic N) is 2. The fraction of sp³-hybridized carbons (Fsp3) is 0.167. The maximum Gasteiger partial charge on any atom is 0.293 e. The summed E-state index contributed by atoms with van der Waals surface area (Å²) in [6.45, 7) is 0.372. The minimum absolute atomic E-state index is 0.177. The molecule has 0 unspecified atom stereocenters. The van der Waals surface area contributed by atoms with Gasteiger partial charge in [-0.25, -0.2) is 0 Å². The van der Waals surface area contributed by atoms with Crippen LogP contribution in [0.2, 0.25) is 0 Å². The summed E-state index contributed by atoms with van der Waals surface area (Å²) in [6, 6.07) is 10.8. The van der Waals surface area contributed by atoms with E-state index in [1.807, 2.05) is 12.1 Å². The van der Waals surface area contributed by atoms with Gasteiger partial charge in [0.2, 0.25) is 0 Å². The first kappa shape index (κ1) is 17.0. The first-order chi connectivity index (χ1) is 12.2. The van der Waals surface area contributed by atoms with Crippen LogP contribution in [0.15, 0.2) is 53.7 Å². The highest BCUT2D eigenvalue weighted by atomic mass is 32.2. The van der Waals surface area contributed by atoms with Crippen molar-refractivity contribution in [2.45, 2.75) is 0 Å². The Labute approximate surface area is 149 Å². The first-order valence-electron chi connectivity index (χ1n) is 7.60. The van der Waals surface area contributed by atoms with E-state index in [9.17, 15) is 9.59 Å². The van der Waals surface area contributed by atoms with E-state index in [0.29, 0.717) is 16.4 Å². The lowest BCUT2D eigenvalue weighted by Crippen LogP contribution is -2.32. The summed E-state index contributed by atoms with van der Waals surface area (Å²) in [5, 5.41) is -0.297. The van der Waals surface area contributed by atoms with E-state index in [4.69, 9.17) is 9.47 Å². The molecule has 0 saturated carbocycles. The van der Waals surface area contributed by atoms with Crippen molar-refractivity contribution in [3.8, 4) is 11.5 Å². The highest BCUT2D eigenvalue weighted by Crippen LogP contribution is 2.32. The lowest BCUT2D eigenvalue weighted by Gasteiger charge is -2.14. The molecule has 1 aromatic heterocycles. The van der Waals surface area contributed by atoms with Gasteiger partial charge in [-0.3, -0.25) is 19.5 Å². The summed E-state index contributed by atoms with van der Waals surface area (Å²) in [5.41, 5.74) is 0.825. The second kappa shape index (κ2) is 7.85. The van der Waals surface area contributed by atoms with Crippen molar-refractivity contribution in [2.24, 2.45) is 0 Å². The van der Waals surface area contributed by atoms with Crippen LogP contribution in [-0.4, -0.2) is 41.3 Å². The van der Waals surface area contributed by atoms with E-state index in [1.165, 1.54) is 4.90 Å². The van der Waals surface area contributed by atoms with Crippen molar-refractivity contribution in [3.05, 3.63) is 59.3 Å². The number of thioether (sulfide) groups is 1. The predicted molar refractivity (Wildman–Crippen MR) is 95.4 cm³/mol. The largest absolute Gasteiger partial charge is 0.493 e. The Morgan fingerprint density at radius 1 is 1.12 bits per heavy atom. The quantitative estimate of drug-likeness (QED) is 0.741. The summed E-state index contributed by atoms with van der Waals surface area (Å²) in [5.74, 6) is 0.869. The Hall–Kier alpha value is -2.80. The van der Waals surface area contributed by atoms with Crippen LogP contribution < -0.4 is 9.47 Å². The summed E-state index contributed by atoms with van der Waals surface area (Å²) in [4.78, 5) is 30.0. The predicted octanol–water partition coefficient (Wildman–Crippen LogP) is 3.21. The molecule has 25 heavy (non-hydrogen) atoms. The number of para-hydroxylation sites is 2. The molecule has 1 aliphatic rings. The number of ether oxygens (including phenoxy) is 2.